The number of carbonyl (C=O) groups is 1. The minimum atomic E-state index is -0.219. The van der Waals surface area contributed by atoms with Gasteiger partial charge >= 0.3 is 0 Å². The highest BCUT2D eigenvalue weighted by Gasteiger charge is 2.13. The molecule has 3 heteroatoms. The number of aromatic hydroxyl groups is 1. The summed E-state index contributed by atoms with van der Waals surface area (Å²) in [6.45, 7) is 4.85. The lowest BCUT2D eigenvalue weighted by Crippen LogP contribution is -2.25. The van der Waals surface area contributed by atoms with E-state index in [2.05, 4.69) is 19.2 Å². The Hall–Kier alpha value is -2.03. The lowest BCUT2D eigenvalue weighted by atomic mass is 10.0. The predicted molar refractivity (Wildman–Crippen MR) is 77.4 cm³/mol. The highest BCUT2D eigenvalue weighted by Crippen LogP contribution is 2.28. The number of nitrogens with one attached hydrogen (secondary N) is 1. The Labute approximate surface area is 113 Å². The van der Waals surface area contributed by atoms with Crippen LogP contribution in [0, 0.1) is 5.92 Å². The van der Waals surface area contributed by atoms with Gasteiger partial charge in [0, 0.05) is 11.9 Å². The number of hydrogen-bond donors (Lipinski definition) is 2. The van der Waals surface area contributed by atoms with Gasteiger partial charge in [-0.15, -0.1) is 0 Å². The number of hydrogen-bond acceptors (Lipinski definition) is 2. The van der Waals surface area contributed by atoms with Crippen LogP contribution in [0.1, 0.15) is 30.6 Å². The number of amides is 1. The lowest BCUT2D eigenvalue weighted by molar-refractivity contribution is 0.0949. The minimum Gasteiger partial charge on any atom is -0.506 e. The second-order valence-electron chi connectivity index (χ2n) is 5.12. The molecule has 0 aliphatic rings. The zero-order valence-corrected chi connectivity index (χ0v) is 11.3. The van der Waals surface area contributed by atoms with E-state index in [1.54, 1.807) is 6.07 Å². The molecule has 0 saturated heterocycles. The molecule has 0 heterocycles. The largest absolute Gasteiger partial charge is 0.506 e. The van der Waals surface area contributed by atoms with Gasteiger partial charge in [-0.05, 0) is 23.8 Å². The molecule has 1 amide bonds. The molecule has 0 fully saturated rings. The Balaban J connectivity index is 2.20. The third-order valence-electron chi connectivity index (χ3n) is 3.15. The van der Waals surface area contributed by atoms with Crippen LogP contribution in [0.25, 0.3) is 10.8 Å². The molecule has 3 nitrogen and oxygen atoms in total. The summed E-state index contributed by atoms with van der Waals surface area (Å²) in [4.78, 5) is 12.0. The predicted octanol–water partition coefficient (Wildman–Crippen LogP) is 3.32. The number of carbonyl (C=O) groups excluding carboxylic acids is 1. The first-order valence-corrected chi connectivity index (χ1v) is 6.58. The van der Waals surface area contributed by atoms with E-state index in [0.717, 1.165) is 11.8 Å². The number of rotatable bonds is 4. The van der Waals surface area contributed by atoms with Crippen molar-refractivity contribution in [2.24, 2.45) is 5.92 Å². The fourth-order valence-corrected chi connectivity index (χ4v) is 2.01. The zero-order valence-electron chi connectivity index (χ0n) is 11.3. The van der Waals surface area contributed by atoms with E-state index in [1.807, 2.05) is 30.3 Å². The summed E-state index contributed by atoms with van der Waals surface area (Å²) in [5.41, 5.74) is 0.336. The second kappa shape index (κ2) is 5.74. The van der Waals surface area contributed by atoms with Crippen molar-refractivity contribution in [1.29, 1.82) is 0 Å². The summed E-state index contributed by atoms with van der Waals surface area (Å²) in [7, 11) is 0. The molecule has 0 radical (unpaired) electrons. The molecule has 2 aromatic rings. The highest BCUT2D eigenvalue weighted by atomic mass is 16.3. The molecular formula is C16H19NO2. The molecule has 0 atom stereocenters. The van der Waals surface area contributed by atoms with Crippen molar-refractivity contribution < 1.29 is 9.90 Å². The normalized spacial score (nSPS) is 10.9. The Morgan fingerprint density at radius 1 is 1.21 bits per heavy atom. The average molecular weight is 257 g/mol. The first-order chi connectivity index (χ1) is 9.09. The fourth-order valence-electron chi connectivity index (χ4n) is 2.01. The molecule has 0 aliphatic heterocycles. The van der Waals surface area contributed by atoms with Gasteiger partial charge in [-0.3, -0.25) is 4.79 Å². The molecule has 0 spiro atoms. The van der Waals surface area contributed by atoms with E-state index >= 15 is 0 Å². The molecule has 19 heavy (non-hydrogen) atoms. The van der Waals surface area contributed by atoms with Crippen molar-refractivity contribution in [2.75, 3.05) is 6.54 Å². The topological polar surface area (TPSA) is 49.3 Å². The van der Waals surface area contributed by atoms with Crippen LogP contribution >= 0.6 is 0 Å². The molecule has 2 aromatic carbocycles. The standard InChI is InChI=1S/C16H19NO2/c1-11(2)9-10-17-16(19)14-8-7-12-5-3-4-6-13(12)15(14)18/h3-8,11,18H,9-10H2,1-2H3,(H,17,19). The van der Waals surface area contributed by atoms with Crippen LogP contribution in [0.15, 0.2) is 36.4 Å². The van der Waals surface area contributed by atoms with Gasteiger partial charge < -0.3 is 10.4 Å². The number of fused-ring (bicyclic) bond motifs is 1. The molecule has 2 rings (SSSR count). The second-order valence-corrected chi connectivity index (χ2v) is 5.12. The van der Waals surface area contributed by atoms with Crippen LogP contribution in [0.5, 0.6) is 5.75 Å². The minimum absolute atomic E-state index is 0.0557. The van der Waals surface area contributed by atoms with Crippen LogP contribution in [0.2, 0.25) is 0 Å². The van der Waals surface area contributed by atoms with E-state index < -0.39 is 0 Å². The van der Waals surface area contributed by atoms with Crippen LogP contribution in [-0.4, -0.2) is 17.6 Å². The smallest absolute Gasteiger partial charge is 0.255 e. The van der Waals surface area contributed by atoms with Crippen molar-refractivity contribution in [3.8, 4) is 5.75 Å². The van der Waals surface area contributed by atoms with Gasteiger partial charge in [0.2, 0.25) is 0 Å². The van der Waals surface area contributed by atoms with Crippen molar-refractivity contribution in [3.63, 3.8) is 0 Å². The Morgan fingerprint density at radius 3 is 2.68 bits per heavy atom. The van der Waals surface area contributed by atoms with Gasteiger partial charge in [0.15, 0.2) is 0 Å². The zero-order chi connectivity index (χ0) is 13.8. The molecular weight excluding hydrogens is 238 g/mol. The Kier molecular flexibility index (Phi) is 4.05. The lowest BCUT2D eigenvalue weighted by Gasteiger charge is -2.10. The van der Waals surface area contributed by atoms with Crippen LogP contribution in [0.3, 0.4) is 0 Å². The van der Waals surface area contributed by atoms with Crippen molar-refractivity contribution >= 4 is 16.7 Å². The number of phenols is 1. The van der Waals surface area contributed by atoms with Crippen LogP contribution in [-0.2, 0) is 0 Å². The van der Waals surface area contributed by atoms with Gasteiger partial charge in [-0.2, -0.15) is 0 Å². The highest BCUT2D eigenvalue weighted by molar-refractivity contribution is 6.03. The van der Waals surface area contributed by atoms with Crippen molar-refractivity contribution in [1.82, 2.24) is 5.32 Å². The summed E-state index contributed by atoms with van der Waals surface area (Å²) in [6.07, 6.45) is 0.931. The maximum Gasteiger partial charge on any atom is 0.255 e. The molecule has 2 N–H and O–H groups in total. The third-order valence-corrected chi connectivity index (χ3v) is 3.15. The average Bonchev–Trinajstić information content (AvgIpc) is 2.39. The first-order valence-electron chi connectivity index (χ1n) is 6.58. The van der Waals surface area contributed by atoms with E-state index in [0.29, 0.717) is 23.4 Å². The molecule has 0 unspecified atom stereocenters. The van der Waals surface area contributed by atoms with Gasteiger partial charge in [0.1, 0.15) is 5.75 Å². The maximum atomic E-state index is 12.0. The van der Waals surface area contributed by atoms with Gasteiger partial charge in [0.05, 0.1) is 5.56 Å². The summed E-state index contributed by atoms with van der Waals surface area (Å²) in [5, 5.41) is 14.6. The van der Waals surface area contributed by atoms with Gasteiger partial charge in [-0.25, -0.2) is 0 Å². The number of phenolic OH excluding ortho intramolecular Hbond substituents is 1. The Bertz CT molecular complexity index is 590. The molecule has 0 aliphatic carbocycles. The first kappa shape index (κ1) is 13.4. The summed E-state index contributed by atoms with van der Waals surface area (Å²) < 4.78 is 0. The van der Waals surface area contributed by atoms with Gasteiger partial charge in [0.25, 0.3) is 5.91 Å². The van der Waals surface area contributed by atoms with Crippen molar-refractivity contribution in [3.05, 3.63) is 42.0 Å². The molecule has 0 saturated carbocycles. The quantitative estimate of drug-likeness (QED) is 0.882. The summed E-state index contributed by atoms with van der Waals surface area (Å²) >= 11 is 0. The van der Waals surface area contributed by atoms with E-state index in [1.165, 1.54) is 0 Å². The van der Waals surface area contributed by atoms with Crippen LogP contribution in [0.4, 0.5) is 0 Å². The molecule has 100 valence electrons. The maximum absolute atomic E-state index is 12.0. The number of benzene rings is 2. The summed E-state index contributed by atoms with van der Waals surface area (Å²) in [6, 6.07) is 11.0. The molecule has 0 bridgehead atoms. The summed E-state index contributed by atoms with van der Waals surface area (Å²) in [5.74, 6) is 0.384. The fraction of sp³-hybridized carbons (Fsp3) is 0.312. The van der Waals surface area contributed by atoms with Crippen molar-refractivity contribution in [2.45, 2.75) is 20.3 Å². The van der Waals surface area contributed by atoms with Crippen LogP contribution < -0.4 is 5.32 Å². The van der Waals surface area contributed by atoms with E-state index in [-0.39, 0.29) is 11.7 Å². The van der Waals surface area contributed by atoms with E-state index in [9.17, 15) is 9.90 Å². The monoisotopic (exact) mass is 257 g/mol. The SMILES string of the molecule is CC(C)CCNC(=O)c1ccc2ccccc2c1O. The van der Waals surface area contributed by atoms with Gasteiger partial charge in [-0.1, -0.05) is 44.2 Å². The van der Waals surface area contributed by atoms with E-state index in [4.69, 9.17) is 0 Å². The molecule has 0 aromatic heterocycles. The third kappa shape index (κ3) is 3.05. The Morgan fingerprint density at radius 2 is 1.95 bits per heavy atom.